The van der Waals surface area contributed by atoms with Gasteiger partial charge in [0.25, 0.3) is 0 Å². The van der Waals surface area contributed by atoms with Gasteiger partial charge in [0.1, 0.15) is 0 Å². The second-order valence-electron chi connectivity index (χ2n) is 4.47. The van der Waals surface area contributed by atoms with Crippen LogP contribution in [0.5, 0.6) is 0 Å². The summed E-state index contributed by atoms with van der Waals surface area (Å²) in [6, 6.07) is 10.4. The lowest BCUT2D eigenvalue weighted by molar-refractivity contribution is 0.103. The van der Waals surface area contributed by atoms with E-state index in [-0.39, 0.29) is 6.61 Å². The van der Waals surface area contributed by atoms with Crippen LogP contribution in [0.25, 0.3) is 0 Å². The minimum atomic E-state index is 0.257. The Balaban J connectivity index is 1.91. The van der Waals surface area contributed by atoms with Crippen LogP contribution >= 0.6 is 0 Å². The van der Waals surface area contributed by atoms with Gasteiger partial charge in [0.05, 0.1) is 13.2 Å². The first-order valence-electron chi connectivity index (χ1n) is 6.29. The molecule has 1 atom stereocenters. The Hall–Kier alpha value is -1.30. The molecule has 1 aromatic rings. The van der Waals surface area contributed by atoms with Crippen LogP contribution in [0.1, 0.15) is 24.8 Å². The van der Waals surface area contributed by atoms with Crippen LogP contribution < -0.4 is 0 Å². The maximum absolute atomic E-state index is 9.29. The minimum absolute atomic E-state index is 0.257. The number of aliphatic hydroxyl groups excluding tert-OH is 1. The number of likely N-dealkylation sites (tertiary alicyclic amines) is 1. The highest BCUT2D eigenvalue weighted by molar-refractivity contribution is 5.33. The highest BCUT2D eigenvalue weighted by atomic mass is 16.3. The van der Waals surface area contributed by atoms with Crippen LogP contribution in [0, 0.1) is 11.8 Å². The smallest absolute Gasteiger partial charge is 0.0608 e. The molecule has 0 saturated carbocycles. The Kier molecular flexibility index (Phi) is 4.61. The third-order valence-corrected chi connectivity index (χ3v) is 3.25. The molecule has 1 aliphatic rings. The number of benzene rings is 1. The van der Waals surface area contributed by atoms with E-state index in [9.17, 15) is 5.11 Å². The van der Waals surface area contributed by atoms with E-state index < -0.39 is 0 Å². The maximum Gasteiger partial charge on any atom is 0.0608 e. The second kappa shape index (κ2) is 6.44. The van der Waals surface area contributed by atoms with Crippen molar-refractivity contribution in [3.8, 4) is 11.8 Å². The number of piperidine rings is 1. The predicted octanol–water partition coefficient (Wildman–Crippen LogP) is 1.88. The number of hydrogen-bond acceptors (Lipinski definition) is 2. The number of aliphatic hydroxyl groups is 1. The molecule has 1 fully saturated rings. The van der Waals surface area contributed by atoms with E-state index in [2.05, 4.69) is 16.7 Å². The molecule has 2 nitrogen and oxygen atoms in total. The molecular weight excluding hydrogens is 210 g/mol. The second-order valence-corrected chi connectivity index (χ2v) is 4.47. The molecule has 1 aliphatic heterocycles. The molecular formula is C15H19NO. The van der Waals surface area contributed by atoms with Gasteiger partial charge >= 0.3 is 0 Å². The first-order chi connectivity index (χ1) is 8.40. The van der Waals surface area contributed by atoms with Gasteiger partial charge < -0.3 is 5.11 Å². The third-order valence-electron chi connectivity index (χ3n) is 3.25. The Bertz CT molecular complexity index is 390. The zero-order valence-corrected chi connectivity index (χ0v) is 10.1. The lowest BCUT2D eigenvalue weighted by Crippen LogP contribution is -2.41. The highest BCUT2D eigenvalue weighted by Crippen LogP contribution is 2.15. The number of hydrogen-bond donors (Lipinski definition) is 1. The van der Waals surface area contributed by atoms with E-state index in [1.807, 2.05) is 30.3 Å². The molecule has 1 unspecified atom stereocenters. The summed E-state index contributed by atoms with van der Waals surface area (Å²) in [7, 11) is 0. The van der Waals surface area contributed by atoms with Gasteiger partial charge in [0.15, 0.2) is 0 Å². The molecule has 1 aromatic carbocycles. The molecule has 90 valence electrons. The van der Waals surface area contributed by atoms with Gasteiger partial charge in [-0.25, -0.2) is 0 Å². The summed E-state index contributed by atoms with van der Waals surface area (Å²) >= 11 is 0. The Morgan fingerprint density at radius 3 is 2.82 bits per heavy atom. The Labute approximate surface area is 103 Å². The monoisotopic (exact) mass is 229 g/mol. The molecule has 1 N–H and O–H groups in total. The molecule has 2 heteroatoms. The van der Waals surface area contributed by atoms with E-state index in [1.54, 1.807) is 0 Å². The van der Waals surface area contributed by atoms with Crippen molar-refractivity contribution in [2.75, 3.05) is 19.7 Å². The van der Waals surface area contributed by atoms with E-state index in [0.717, 1.165) is 25.1 Å². The van der Waals surface area contributed by atoms with Gasteiger partial charge in [0.2, 0.25) is 0 Å². The Morgan fingerprint density at radius 2 is 2.06 bits per heavy atom. The molecule has 1 saturated heterocycles. The molecule has 1 heterocycles. The van der Waals surface area contributed by atoms with Crippen LogP contribution in [0.3, 0.4) is 0 Å². The van der Waals surface area contributed by atoms with Gasteiger partial charge in [-0.2, -0.15) is 0 Å². The lowest BCUT2D eigenvalue weighted by atomic mass is 10.0. The van der Waals surface area contributed by atoms with Gasteiger partial charge in [-0.05, 0) is 31.5 Å². The first-order valence-corrected chi connectivity index (χ1v) is 6.29. The average Bonchev–Trinajstić information content (AvgIpc) is 2.40. The fraction of sp³-hybridized carbons (Fsp3) is 0.467. The van der Waals surface area contributed by atoms with Gasteiger partial charge in [-0.3, -0.25) is 4.90 Å². The maximum atomic E-state index is 9.29. The van der Waals surface area contributed by atoms with Gasteiger partial charge in [-0.15, -0.1) is 0 Å². The summed E-state index contributed by atoms with van der Waals surface area (Å²) < 4.78 is 0. The molecule has 0 amide bonds. The summed E-state index contributed by atoms with van der Waals surface area (Å²) in [6.07, 6.45) is 3.56. The van der Waals surface area contributed by atoms with Crippen molar-refractivity contribution in [3.05, 3.63) is 35.9 Å². The average molecular weight is 229 g/mol. The highest BCUT2D eigenvalue weighted by Gasteiger charge is 2.20. The molecule has 17 heavy (non-hydrogen) atoms. The van der Waals surface area contributed by atoms with Crippen LogP contribution in [-0.4, -0.2) is 35.7 Å². The molecule has 0 spiro atoms. The van der Waals surface area contributed by atoms with Crippen molar-refractivity contribution in [3.63, 3.8) is 0 Å². The van der Waals surface area contributed by atoms with E-state index >= 15 is 0 Å². The zero-order chi connectivity index (χ0) is 11.9. The summed E-state index contributed by atoms with van der Waals surface area (Å²) in [5, 5.41) is 9.29. The quantitative estimate of drug-likeness (QED) is 0.783. The van der Waals surface area contributed by atoms with Crippen molar-refractivity contribution < 1.29 is 5.11 Å². The lowest BCUT2D eigenvalue weighted by Gasteiger charge is -2.32. The summed E-state index contributed by atoms with van der Waals surface area (Å²) in [5.74, 6) is 6.36. The van der Waals surface area contributed by atoms with Crippen molar-refractivity contribution in [2.45, 2.75) is 25.3 Å². The SMILES string of the molecule is OCC1CCCCN1CC#Cc1ccccc1. The molecule has 0 radical (unpaired) electrons. The van der Waals surface area contributed by atoms with Gasteiger partial charge in [0, 0.05) is 11.6 Å². The summed E-state index contributed by atoms with van der Waals surface area (Å²) in [6.45, 7) is 2.09. The van der Waals surface area contributed by atoms with E-state index in [0.29, 0.717) is 6.04 Å². The van der Waals surface area contributed by atoms with Crippen molar-refractivity contribution >= 4 is 0 Å². The van der Waals surface area contributed by atoms with Crippen molar-refractivity contribution in [1.82, 2.24) is 4.90 Å². The van der Waals surface area contributed by atoms with Gasteiger partial charge in [-0.1, -0.05) is 36.5 Å². The van der Waals surface area contributed by atoms with Crippen LogP contribution in [-0.2, 0) is 0 Å². The normalized spacial score (nSPS) is 20.6. The van der Waals surface area contributed by atoms with Crippen LogP contribution in [0.2, 0.25) is 0 Å². The first kappa shape index (κ1) is 12.2. The van der Waals surface area contributed by atoms with Crippen LogP contribution in [0.15, 0.2) is 30.3 Å². The predicted molar refractivity (Wildman–Crippen MR) is 69.6 cm³/mol. The minimum Gasteiger partial charge on any atom is -0.395 e. The molecule has 2 rings (SSSR count). The zero-order valence-electron chi connectivity index (χ0n) is 10.1. The van der Waals surface area contributed by atoms with Crippen LogP contribution in [0.4, 0.5) is 0 Å². The standard InChI is InChI=1S/C15H19NO/c17-13-15-10-4-5-11-16(15)12-6-9-14-7-2-1-3-8-14/h1-3,7-8,15,17H,4-5,10-13H2. The fourth-order valence-electron chi connectivity index (χ4n) is 2.24. The molecule has 0 aliphatic carbocycles. The summed E-state index contributed by atoms with van der Waals surface area (Å²) in [5.41, 5.74) is 1.06. The third kappa shape index (κ3) is 3.59. The summed E-state index contributed by atoms with van der Waals surface area (Å²) in [4.78, 5) is 2.29. The number of rotatable bonds is 2. The Morgan fingerprint density at radius 1 is 1.24 bits per heavy atom. The molecule has 0 aromatic heterocycles. The molecule has 0 bridgehead atoms. The number of nitrogens with zero attached hydrogens (tertiary/aromatic N) is 1. The van der Waals surface area contributed by atoms with E-state index in [4.69, 9.17) is 0 Å². The fourth-order valence-corrected chi connectivity index (χ4v) is 2.24. The largest absolute Gasteiger partial charge is 0.395 e. The topological polar surface area (TPSA) is 23.5 Å². The van der Waals surface area contributed by atoms with Crippen molar-refractivity contribution in [1.29, 1.82) is 0 Å². The van der Waals surface area contributed by atoms with Crippen molar-refractivity contribution in [2.24, 2.45) is 0 Å². The van der Waals surface area contributed by atoms with E-state index in [1.165, 1.54) is 12.8 Å².